The first-order chi connectivity index (χ1) is 16.9. The van der Waals surface area contributed by atoms with Crippen LogP contribution in [-0.4, -0.2) is 52.7 Å². The van der Waals surface area contributed by atoms with Gasteiger partial charge in [0.1, 0.15) is 17.4 Å². The summed E-state index contributed by atoms with van der Waals surface area (Å²) in [5, 5.41) is 4.48. The number of aryl methyl sites for hydroxylation is 1. The van der Waals surface area contributed by atoms with Gasteiger partial charge in [-0.1, -0.05) is 32.0 Å². The zero-order valence-electron chi connectivity index (χ0n) is 21.4. The number of rotatable bonds is 4. The van der Waals surface area contributed by atoms with Crippen LogP contribution in [0.5, 0.6) is 5.75 Å². The third kappa shape index (κ3) is 4.60. The van der Waals surface area contributed by atoms with Crippen molar-refractivity contribution in [2.75, 3.05) is 27.2 Å². The zero-order chi connectivity index (χ0) is 25.2. The van der Waals surface area contributed by atoms with Gasteiger partial charge in [0, 0.05) is 19.8 Å². The molecular formula is C28H34FN5O. The van der Waals surface area contributed by atoms with Crippen molar-refractivity contribution in [2.24, 2.45) is 4.99 Å². The van der Waals surface area contributed by atoms with Crippen LogP contribution < -0.4 is 4.74 Å². The maximum Gasteiger partial charge on any atom is 0.143 e. The number of aromatic nitrogens is 2. The molecule has 5 rings (SSSR count). The molecule has 35 heavy (non-hydrogen) atoms. The molecule has 3 aromatic rings. The highest BCUT2D eigenvalue weighted by molar-refractivity contribution is 6.04. The van der Waals surface area contributed by atoms with Crippen molar-refractivity contribution in [1.82, 2.24) is 19.6 Å². The summed E-state index contributed by atoms with van der Waals surface area (Å²) in [5.41, 5.74) is 4.86. The number of fused-ring (bicyclic) bond motifs is 1. The molecule has 7 heteroatoms. The Morgan fingerprint density at radius 1 is 1.11 bits per heavy atom. The lowest BCUT2D eigenvalue weighted by molar-refractivity contribution is -0.0108. The molecule has 3 heterocycles. The second kappa shape index (κ2) is 10.0. The minimum Gasteiger partial charge on any atom is -0.495 e. The summed E-state index contributed by atoms with van der Waals surface area (Å²) >= 11 is 0. The molecule has 0 aliphatic carbocycles. The van der Waals surface area contributed by atoms with Crippen LogP contribution in [0.15, 0.2) is 65.6 Å². The summed E-state index contributed by atoms with van der Waals surface area (Å²) in [6, 6.07) is 13.0. The molecule has 6 nitrogen and oxygen atoms in total. The lowest BCUT2D eigenvalue weighted by Crippen LogP contribution is -2.56. The van der Waals surface area contributed by atoms with E-state index >= 15 is 0 Å². The molecule has 2 aliphatic rings. The maximum absolute atomic E-state index is 13.5. The van der Waals surface area contributed by atoms with Gasteiger partial charge in [0.2, 0.25) is 0 Å². The Bertz CT molecular complexity index is 1250. The fourth-order valence-electron chi connectivity index (χ4n) is 4.78. The number of hydrogen-bond donors (Lipinski definition) is 0. The van der Waals surface area contributed by atoms with Crippen LogP contribution in [0, 0.1) is 12.7 Å². The van der Waals surface area contributed by atoms with Crippen molar-refractivity contribution in [1.29, 1.82) is 0 Å². The third-order valence-electron chi connectivity index (χ3n) is 6.54. The Balaban J connectivity index is 0.00000141. The third-order valence-corrected chi connectivity index (χ3v) is 6.54. The van der Waals surface area contributed by atoms with E-state index < -0.39 is 0 Å². The predicted octanol–water partition coefficient (Wildman–Crippen LogP) is 5.62. The number of amidine groups is 1. The first-order valence-electron chi connectivity index (χ1n) is 12.1. The average Bonchev–Trinajstić information content (AvgIpc) is 3.47. The van der Waals surface area contributed by atoms with Crippen molar-refractivity contribution < 1.29 is 9.13 Å². The topological polar surface area (TPSA) is 45.9 Å². The van der Waals surface area contributed by atoms with Gasteiger partial charge in [0.05, 0.1) is 36.9 Å². The lowest BCUT2D eigenvalue weighted by atomic mass is 9.91. The number of nitrogens with zero attached hydrogens (tertiary/aromatic N) is 5. The summed E-state index contributed by atoms with van der Waals surface area (Å²) < 4.78 is 21.2. The molecule has 0 spiro atoms. The highest BCUT2D eigenvalue weighted by Gasteiger charge is 2.45. The van der Waals surface area contributed by atoms with Crippen LogP contribution in [0.2, 0.25) is 0 Å². The normalized spacial score (nSPS) is 20.8. The number of benzene rings is 2. The van der Waals surface area contributed by atoms with Gasteiger partial charge < -0.3 is 9.30 Å². The Morgan fingerprint density at radius 2 is 1.86 bits per heavy atom. The fraction of sp³-hybridized carbons (Fsp3) is 0.357. The molecule has 1 saturated heterocycles. The summed E-state index contributed by atoms with van der Waals surface area (Å²) in [4.78, 5) is 9.26. The van der Waals surface area contributed by atoms with E-state index in [1.165, 1.54) is 17.7 Å². The second-order valence-electron chi connectivity index (χ2n) is 8.89. The van der Waals surface area contributed by atoms with E-state index in [0.717, 1.165) is 47.1 Å². The van der Waals surface area contributed by atoms with Gasteiger partial charge in [-0.2, -0.15) is 0 Å². The molecule has 1 atom stereocenters. The first kappa shape index (κ1) is 24.7. The van der Waals surface area contributed by atoms with Crippen molar-refractivity contribution in [2.45, 2.75) is 39.7 Å². The van der Waals surface area contributed by atoms with Crippen molar-refractivity contribution >= 4 is 11.9 Å². The number of ether oxygens (including phenoxy) is 1. The van der Waals surface area contributed by atoms with Gasteiger partial charge in [-0.15, -0.1) is 0 Å². The summed E-state index contributed by atoms with van der Waals surface area (Å²) in [7, 11) is 3.77. The van der Waals surface area contributed by atoms with Gasteiger partial charge in [0.15, 0.2) is 0 Å². The van der Waals surface area contributed by atoms with E-state index in [1.807, 2.05) is 43.7 Å². The number of imidazole rings is 1. The van der Waals surface area contributed by atoms with Crippen LogP contribution >= 0.6 is 0 Å². The first-order valence-corrected chi connectivity index (χ1v) is 12.1. The van der Waals surface area contributed by atoms with Crippen molar-refractivity contribution in [3.63, 3.8) is 0 Å². The van der Waals surface area contributed by atoms with Crippen molar-refractivity contribution in [3.05, 3.63) is 83.2 Å². The smallest absolute Gasteiger partial charge is 0.143 e. The molecule has 0 N–H and O–H groups in total. The molecule has 0 saturated carbocycles. The van der Waals surface area contributed by atoms with Crippen LogP contribution in [0.4, 0.5) is 4.39 Å². The molecule has 0 radical (unpaired) electrons. The highest BCUT2D eigenvalue weighted by atomic mass is 19.1. The molecule has 1 fully saturated rings. The van der Waals surface area contributed by atoms with Crippen LogP contribution in [0.1, 0.15) is 44.0 Å². The molecular weight excluding hydrogens is 441 g/mol. The summed E-state index contributed by atoms with van der Waals surface area (Å²) in [6.07, 6.45) is 6.87. The average molecular weight is 476 g/mol. The van der Waals surface area contributed by atoms with E-state index in [1.54, 1.807) is 13.4 Å². The van der Waals surface area contributed by atoms with E-state index in [2.05, 4.69) is 53.2 Å². The Kier molecular flexibility index (Phi) is 7.08. The molecule has 1 aromatic heterocycles. The minimum absolute atomic E-state index is 0.225. The Morgan fingerprint density at radius 3 is 2.51 bits per heavy atom. The van der Waals surface area contributed by atoms with Gasteiger partial charge in [-0.3, -0.25) is 10.0 Å². The van der Waals surface area contributed by atoms with Gasteiger partial charge in [-0.25, -0.2) is 14.4 Å². The Hall–Kier alpha value is -3.45. The fourth-order valence-corrected chi connectivity index (χ4v) is 4.78. The number of methoxy groups -OCH3 is 1. The van der Waals surface area contributed by atoms with E-state index in [9.17, 15) is 4.39 Å². The minimum atomic E-state index is -0.349. The Labute approximate surface area is 207 Å². The van der Waals surface area contributed by atoms with E-state index in [0.29, 0.717) is 6.54 Å². The maximum atomic E-state index is 13.5. The monoisotopic (exact) mass is 475 g/mol. The molecule has 1 unspecified atom stereocenters. The van der Waals surface area contributed by atoms with Crippen LogP contribution in [0.3, 0.4) is 0 Å². The second-order valence-corrected chi connectivity index (χ2v) is 8.89. The predicted molar refractivity (Wildman–Crippen MR) is 139 cm³/mol. The summed E-state index contributed by atoms with van der Waals surface area (Å²) in [6.45, 7) is 9.64. The standard InChI is InChI=1S/C26H28FN5O.C2H6/c1-18-15-31(17-29-18)23-10-5-19(14-24(23)33-4)13-20-11-12-30(3)32-25(20)28-16-26(32,2)21-6-8-22(27)9-7-21;1-2/h5-10,13-15,17H,11-12,16H2,1-4H3;1-2H3/b20-13+;. The van der Waals surface area contributed by atoms with E-state index in [4.69, 9.17) is 9.73 Å². The van der Waals surface area contributed by atoms with Crippen molar-refractivity contribution in [3.8, 4) is 11.4 Å². The van der Waals surface area contributed by atoms with E-state index in [-0.39, 0.29) is 11.4 Å². The van der Waals surface area contributed by atoms with Crippen LogP contribution in [-0.2, 0) is 5.54 Å². The molecule has 184 valence electrons. The number of hydrogen-bond acceptors (Lipinski definition) is 5. The molecule has 0 amide bonds. The van der Waals surface area contributed by atoms with Gasteiger partial charge in [0.25, 0.3) is 0 Å². The van der Waals surface area contributed by atoms with Gasteiger partial charge >= 0.3 is 0 Å². The quantitative estimate of drug-likeness (QED) is 0.492. The molecule has 2 aliphatic heterocycles. The molecule has 2 aromatic carbocycles. The lowest BCUT2D eigenvalue weighted by Gasteiger charge is -2.46. The zero-order valence-corrected chi connectivity index (χ0v) is 21.4. The largest absolute Gasteiger partial charge is 0.495 e. The van der Waals surface area contributed by atoms with Gasteiger partial charge in [-0.05, 0) is 67.3 Å². The number of halogens is 1. The number of aliphatic imine (C=N–C) groups is 1. The highest BCUT2D eigenvalue weighted by Crippen LogP contribution is 2.39. The summed E-state index contributed by atoms with van der Waals surface area (Å²) in [5.74, 6) is 1.54. The SMILES string of the molecule is CC.COc1cc(/C=C2\CCN(C)N3C2=NCC3(C)c2ccc(F)cc2)ccc1-n1cnc(C)c1. The molecule has 0 bridgehead atoms. The number of hydrazine groups is 1. The van der Waals surface area contributed by atoms with Crippen LogP contribution in [0.25, 0.3) is 11.8 Å².